The average Bonchev–Trinajstić information content (AvgIpc) is 3.04. The van der Waals surface area contributed by atoms with Crippen molar-refractivity contribution in [3.63, 3.8) is 0 Å². The number of hydrogen-bond acceptors (Lipinski definition) is 12. The zero-order valence-corrected chi connectivity index (χ0v) is 33.5. The third-order valence-corrected chi connectivity index (χ3v) is 8.96. The van der Waals surface area contributed by atoms with Crippen LogP contribution >= 0.6 is 0 Å². The SMILES string of the molecule is Nc1c(/N=N/c2ccc(-c3ccc(/N=N/c4cc(S(=O)(=O)[O-])c5ccccc5c4N)cc3)cc2)cc(S(=O)(=O)[O-])c2ccccc12.[K+].[K+]. The maximum atomic E-state index is 11.9. The molecule has 0 bridgehead atoms. The van der Waals surface area contributed by atoms with Gasteiger partial charge in [-0.15, -0.1) is 10.2 Å². The van der Waals surface area contributed by atoms with Crippen LogP contribution in [0.2, 0.25) is 0 Å². The number of nitrogens with two attached hydrogens (primary N) is 2. The Hall–Kier alpha value is -2.27. The number of azo groups is 2. The van der Waals surface area contributed by atoms with Gasteiger partial charge in [-0.2, -0.15) is 10.2 Å². The van der Waals surface area contributed by atoms with Crippen molar-refractivity contribution >= 4 is 75.9 Å². The topological polar surface area (TPSA) is 216 Å². The third kappa shape index (κ3) is 8.36. The number of fused-ring (bicyclic) bond motifs is 2. The summed E-state index contributed by atoms with van der Waals surface area (Å²) in [6.45, 7) is 0. The molecule has 230 valence electrons. The van der Waals surface area contributed by atoms with Gasteiger partial charge >= 0.3 is 103 Å². The molecule has 16 heteroatoms. The fourth-order valence-corrected chi connectivity index (χ4v) is 6.35. The van der Waals surface area contributed by atoms with Crippen LogP contribution in [0.3, 0.4) is 0 Å². The van der Waals surface area contributed by atoms with Gasteiger partial charge in [-0.25, -0.2) is 16.8 Å². The van der Waals surface area contributed by atoms with E-state index in [1.165, 1.54) is 12.1 Å². The van der Waals surface area contributed by atoms with Crippen molar-refractivity contribution in [1.82, 2.24) is 0 Å². The summed E-state index contributed by atoms with van der Waals surface area (Å²) < 4.78 is 71.2. The average molecular weight is 729 g/mol. The fourth-order valence-electron chi connectivity index (χ4n) is 4.94. The van der Waals surface area contributed by atoms with E-state index < -0.39 is 30.0 Å². The minimum Gasteiger partial charge on any atom is -0.744 e. The summed E-state index contributed by atoms with van der Waals surface area (Å²) in [5, 5.41) is 17.8. The van der Waals surface area contributed by atoms with E-state index in [0.29, 0.717) is 22.1 Å². The Kier molecular flexibility index (Phi) is 12.6. The quantitative estimate of drug-likeness (QED) is 0.106. The smallest absolute Gasteiger partial charge is 0.744 e. The van der Waals surface area contributed by atoms with Gasteiger partial charge in [-0.3, -0.25) is 0 Å². The Morgan fingerprint density at radius 1 is 0.458 bits per heavy atom. The predicted molar refractivity (Wildman–Crippen MR) is 173 cm³/mol. The first kappa shape index (κ1) is 38.5. The number of hydrogen-bond donors (Lipinski definition) is 2. The molecule has 0 aliphatic rings. The molecule has 0 saturated carbocycles. The van der Waals surface area contributed by atoms with Crippen molar-refractivity contribution in [2.75, 3.05) is 11.5 Å². The van der Waals surface area contributed by atoms with Crippen LogP contribution in [0.5, 0.6) is 0 Å². The van der Waals surface area contributed by atoms with E-state index in [1.54, 1.807) is 60.7 Å². The molecule has 0 radical (unpaired) electrons. The van der Waals surface area contributed by atoms with E-state index in [4.69, 9.17) is 11.5 Å². The molecular weight excluding hydrogens is 707 g/mol. The molecule has 6 aromatic carbocycles. The Morgan fingerprint density at radius 3 is 1.08 bits per heavy atom. The number of nitrogens with zero attached hydrogens (tertiary/aromatic N) is 4. The van der Waals surface area contributed by atoms with Crippen LogP contribution in [-0.2, 0) is 20.2 Å². The third-order valence-electron chi connectivity index (χ3n) is 7.21. The van der Waals surface area contributed by atoms with Crippen molar-refractivity contribution in [1.29, 1.82) is 0 Å². The van der Waals surface area contributed by atoms with Gasteiger partial charge in [0.25, 0.3) is 0 Å². The second-order valence-corrected chi connectivity index (χ2v) is 12.8. The Bertz CT molecular complexity index is 2270. The first-order valence-electron chi connectivity index (χ1n) is 13.5. The molecule has 0 heterocycles. The molecule has 48 heavy (non-hydrogen) atoms. The van der Waals surface area contributed by atoms with E-state index in [0.717, 1.165) is 23.3 Å². The molecule has 0 unspecified atom stereocenters. The monoisotopic (exact) mass is 728 g/mol. The van der Waals surface area contributed by atoms with Gasteiger partial charge in [0.2, 0.25) is 0 Å². The van der Waals surface area contributed by atoms with E-state index in [-0.39, 0.29) is 136 Å². The molecule has 4 N–H and O–H groups in total. The molecule has 0 atom stereocenters. The fraction of sp³-hybridized carbons (Fsp3) is 0. The van der Waals surface area contributed by atoms with Crippen LogP contribution in [0, 0.1) is 0 Å². The molecule has 0 aromatic heterocycles. The number of benzene rings is 6. The summed E-state index contributed by atoms with van der Waals surface area (Å²) in [5.41, 5.74) is 15.5. The van der Waals surface area contributed by atoms with Gasteiger partial charge in [-0.1, -0.05) is 72.8 Å². The largest absolute Gasteiger partial charge is 1.00 e. The molecular formula is C32H22K2N6O6S2. The summed E-state index contributed by atoms with van der Waals surface area (Å²) >= 11 is 0. The van der Waals surface area contributed by atoms with Gasteiger partial charge in [0, 0.05) is 21.5 Å². The van der Waals surface area contributed by atoms with Crippen LogP contribution in [0.15, 0.2) is 139 Å². The van der Waals surface area contributed by atoms with Crippen LogP contribution in [0.4, 0.5) is 34.1 Å². The van der Waals surface area contributed by atoms with Crippen molar-refractivity contribution in [2.45, 2.75) is 9.79 Å². The number of rotatable bonds is 7. The van der Waals surface area contributed by atoms with E-state index in [1.807, 2.05) is 24.3 Å². The van der Waals surface area contributed by atoms with Crippen LogP contribution < -0.4 is 114 Å². The number of anilines is 2. The van der Waals surface area contributed by atoms with E-state index in [2.05, 4.69) is 20.5 Å². The van der Waals surface area contributed by atoms with Crippen LogP contribution in [0.25, 0.3) is 32.7 Å². The van der Waals surface area contributed by atoms with E-state index in [9.17, 15) is 25.9 Å². The molecule has 6 rings (SSSR count). The second-order valence-electron chi connectivity index (χ2n) is 10.1. The zero-order chi connectivity index (χ0) is 32.6. The minimum atomic E-state index is -4.78. The molecule has 0 spiro atoms. The van der Waals surface area contributed by atoms with Gasteiger partial charge < -0.3 is 20.6 Å². The first-order chi connectivity index (χ1) is 21.9. The molecule has 0 saturated heterocycles. The Balaban J connectivity index is 0.00000260. The first-order valence-corrected chi connectivity index (χ1v) is 16.3. The summed E-state index contributed by atoms with van der Waals surface area (Å²) in [5.74, 6) is 0. The predicted octanol–water partition coefficient (Wildman–Crippen LogP) is 1.47. The zero-order valence-electron chi connectivity index (χ0n) is 25.6. The van der Waals surface area contributed by atoms with Crippen LogP contribution in [-0.4, -0.2) is 25.9 Å². The van der Waals surface area contributed by atoms with Crippen molar-refractivity contribution in [3.05, 3.63) is 109 Å². The Morgan fingerprint density at radius 2 is 0.771 bits per heavy atom. The van der Waals surface area contributed by atoms with Crippen molar-refractivity contribution in [3.8, 4) is 11.1 Å². The molecule has 6 aromatic rings. The molecule has 0 aliphatic carbocycles. The van der Waals surface area contributed by atoms with Crippen LogP contribution in [0.1, 0.15) is 0 Å². The maximum Gasteiger partial charge on any atom is 1.00 e. The Labute approximate surface area is 361 Å². The summed E-state index contributed by atoms with van der Waals surface area (Å²) in [7, 11) is -9.57. The van der Waals surface area contributed by atoms with Crippen molar-refractivity contribution in [2.24, 2.45) is 20.5 Å². The standard InChI is InChI=1S/C32H24N6O6S2.2K/c33-31-25-7-3-1-5-23(25)29(45(39,40)41)17-27(31)37-35-21-13-9-19(10-14-21)20-11-15-22(16-12-20)36-38-28-18-30(46(42,43)44)24-6-2-4-8-26(24)32(28)34;;/h1-18H,33-34H2,(H,39,40,41)(H,42,43,44);;/q;2*+1/p-2/b37-35+,38-36+;;. The second kappa shape index (κ2) is 15.7. The van der Waals surface area contributed by atoms with Gasteiger partial charge in [0.15, 0.2) is 0 Å². The summed E-state index contributed by atoms with van der Waals surface area (Å²) in [6.07, 6.45) is 0. The molecule has 0 amide bonds. The molecule has 0 aliphatic heterocycles. The summed E-state index contributed by atoms with van der Waals surface area (Å²) in [6, 6.07) is 29.1. The van der Waals surface area contributed by atoms with E-state index >= 15 is 0 Å². The van der Waals surface area contributed by atoms with Gasteiger partial charge in [0.1, 0.15) is 31.6 Å². The van der Waals surface area contributed by atoms with Gasteiger partial charge in [-0.05, 0) is 47.5 Å². The van der Waals surface area contributed by atoms with Crippen molar-refractivity contribution < 1.29 is 129 Å². The molecule has 12 nitrogen and oxygen atoms in total. The number of nitrogen functional groups attached to an aromatic ring is 2. The summed E-state index contributed by atoms with van der Waals surface area (Å²) in [4.78, 5) is -0.851. The van der Waals surface area contributed by atoms with Gasteiger partial charge in [0.05, 0.1) is 32.5 Å². The normalized spacial score (nSPS) is 12.0. The molecule has 0 fully saturated rings. The minimum absolute atomic E-state index is 0. The maximum absolute atomic E-state index is 11.9.